The van der Waals surface area contributed by atoms with Crippen molar-refractivity contribution in [2.45, 2.75) is 46.0 Å². The molecule has 4 aromatic rings. The van der Waals surface area contributed by atoms with Crippen molar-refractivity contribution in [3.8, 4) is 17.3 Å². The molecule has 0 radical (unpaired) electrons. The number of aromatic amines is 1. The van der Waals surface area contributed by atoms with E-state index < -0.39 is 0 Å². The molecular weight excluding hydrogens is 498 g/mol. The van der Waals surface area contributed by atoms with Crippen molar-refractivity contribution in [2.24, 2.45) is 0 Å². The standard InChI is InChI=1S/C32H39N7O/c1-3-5-18-39(19-6-4-2)20-17-36-32-35-16-14-29(38-32)25-8-10-26(11-9-25)31(40)34-15-13-24-7-12-30-28(21-24)27(22-33)23-37-30/h7-12,14,16,21,23,37H,3-6,13,15,17-20H2,1-2H3,(H,34,40)(H,35,36,38). The van der Waals surface area contributed by atoms with Crippen LogP contribution >= 0.6 is 0 Å². The van der Waals surface area contributed by atoms with Gasteiger partial charge >= 0.3 is 0 Å². The molecule has 8 heteroatoms. The van der Waals surface area contributed by atoms with Crippen LogP contribution in [0.3, 0.4) is 0 Å². The molecular formula is C32H39N7O. The summed E-state index contributed by atoms with van der Waals surface area (Å²) in [5.41, 5.74) is 4.99. The molecule has 0 atom stereocenters. The average Bonchev–Trinajstić information content (AvgIpc) is 3.41. The van der Waals surface area contributed by atoms with Gasteiger partial charge in [-0.05, 0) is 68.2 Å². The Hall–Kier alpha value is -4.22. The van der Waals surface area contributed by atoms with Gasteiger partial charge in [-0.2, -0.15) is 5.26 Å². The number of rotatable bonds is 15. The summed E-state index contributed by atoms with van der Waals surface area (Å²) in [6, 6.07) is 17.6. The molecule has 8 nitrogen and oxygen atoms in total. The molecule has 0 unspecified atom stereocenters. The molecule has 2 aromatic carbocycles. The van der Waals surface area contributed by atoms with Gasteiger partial charge in [0.25, 0.3) is 5.91 Å². The topological polar surface area (TPSA) is 110 Å². The maximum Gasteiger partial charge on any atom is 0.251 e. The zero-order chi connectivity index (χ0) is 28.2. The number of anilines is 1. The number of unbranched alkanes of at least 4 members (excludes halogenated alkanes) is 2. The highest BCUT2D eigenvalue weighted by molar-refractivity contribution is 5.94. The summed E-state index contributed by atoms with van der Waals surface area (Å²) in [7, 11) is 0. The Morgan fingerprint density at radius 2 is 1.77 bits per heavy atom. The molecule has 208 valence electrons. The molecule has 2 heterocycles. The molecule has 2 aromatic heterocycles. The quantitative estimate of drug-likeness (QED) is 0.177. The van der Waals surface area contributed by atoms with Crippen LogP contribution in [0.2, 0.25) is 0 Å². The Labute approximate surface area is 236 Å². The van der Waals surface area contributed by atoms with E-state index in [1.54, 1.807) is 12.4 Å². The number of nitriles is 1. The molecule has 3 N–H and O–H groups in total. The van der Waals surface area contributed by atoms with Crippen LogP contribution in [0.5, 0.6) is 0 Å². The minimum Gasteiger partial charge on any atom is -0.360 e. The van der Waals surface area contributed by atoms with E-state index in [2.05, 4.69) is 50.4 Å². The number of H-pyrrole nitrogens is 1. The smallest absolute Gasteiger partial charge is 0.251 e. The van der Waals surface area contributed by atoms with Crippen molar-refractivity contribution >= 4 is 22.8 Å². The van der Waals surface area contributed by atoms with Gasteiger partial charge in [0.15, 0.2) is 0 Å². The number of benzene rings is 2. The van der Waals surface area contributed by atoms with Gasteiger partial charge in [0.2, 0.25) is 5.95 Å². The van der Waals surface area contributed by atoms with Crippen molar-refractivity contribution in [1.29, 1.82) is 5.26 Å². The summed E-state index contributed by atoms with van der Waals surface area (Å²) >= 11 is 0. The SMILES string of the molecule is CCCCN(CCCC)CCNc1nccc(-c2ccc(C(=O)NCCc3ccc4[nH]cc(C#N)c4c3)cc2)n1. The number of aromatic nitrogens is 3. The number of carbonyl (C=O) groups excluding carboxylic acids is 1. The monoisotopic (exact) mass is 537 g/mol. The molecule has 0 aliphatic rings. The molecule has 0 aliphatic heterocycles. The third kappa shape index (κ3) is 7.90. The lowest BCUT2D eigenvalue weighted by atomic mass is 10.1. The van der Waals surface area contributed by atoms with Crippen LogP contribution in [0.4, 0.5) is 5.95 Å². The molecule has 0 spiro atoms. The lowest BCUT2D eigenvalue weighted by Gasteiger charge is -2.22. The van der Waals surface area contributed by atoms with Crippen LogP contribution in [-0.2, 0) is 6.42 Å². The number of hydrogen-bond acceptors (Lipinski definition) is 6. The average molecular weight is 538 g/mol. The molecule has 1 amide bonds. The van der Waals surface area contributed by atoms with Gasteiger partial charge in [-0.1, -0.05) is 44.9 Å². The second-order valence-electron chi connectivity index (χ2n) is 10.0. The fourth-order valence-electron chi connectivity index (χ4n) is 4.66. The third-order valence-electron chi connectivity index (χ3n) is 7.03. The first-order chi connectivity index (χ1) is 19.6. The largest absolute Gasteiger partial charge is 0.360 e. The highest BCUT2D eigenvalue weighted by atomic mass is 16.1. The predicted molar refractivity (Wildman–Crippen MR) is 161 cm³/mol. The fourth-order valence-corrected chi connectivity index (χ4v) is 4.66. The van der Waals surface area contributed by atoms with Gasteiger partial charge in [-0.3, -0.25) is 4.79 Å². The third-order valence-corrected chi connectivity index (χ3v) is 7.03. The van der Waals surface area contributed by atoms with Gasteiger partial charge < -0.3 is 20.5 Å². The number of nitrogens with zero attached hydrogens (tertiary/aromatic N) is 4. The van der Waals surface area contributed by atoms with Crippen LogP contribution in [0.25, 0.3) is 22.2 Å². The lowest BCUT2D eigenvalue weighted by molar-refractivity contribution is 0.0954. The number of carbonyl (C=O) groups is 1. The van der Waals surface area contributed by atoms with E-state index in [1.165, 1.54) is 25.7 Å². The van der Waals surface area contributed by atoms with Crippen LogP contribution in [-0.4, -0.2) is 58.5 Å². The minimum absolute atomic E-state index is 0.118. The Morgan fingerprint density at radius 1 is 1.00 bits per heavy atom. The fraction of sp³-hybridized carbons (Fsp3) is 0.375. The summed E-state index contributed by atoms with van der Waals surface area (Å²) < 4.78 is 0. The maximum atomic E-state index is 12.7. The van der Waals surface area contributed by atoms with Crippen molar-refractivity contribution in [1.82, 2.24) is 25.2 Å². The Balaban J connectivity index is 1.28. The molecule has 40 heavy (non-hydrogen) atoms. The molecule has 0 fully saturated rings. The second-order valence-corrected chi connectivity index (χ2v) is 10.0. The number of amides is 1. The molecule has 0 saturated heterocycles. The predicted octanol–water partition coefficient (Wildman–Crippen LogP) is 5.78. The van der Waals surface area contributed by atoms with Crippen molar-refractivity contribution < 1.29 is 4.79 Å². The van der Waals surface area contributed by atoms with E-state index in [0.717, 1.165) is 53.9 Å². The first-order valence-corrected chi connectivity index (χ1v) is 14.3. The molecule has 0 aliphatic carbocycles. The van der Waals surface area contributed by atoms with Crippen LogP contribution in [0.15, 0.2) is 60.9 Å². The zero-order valence-corrected chi connectivity index (χ0v) is 23.5. The van der Waals surface area contributed by atoms with Gasteiger partial charge in [0, 0.05) is 54.1 Å². The van der Waals surface area contributed by atoms with Gasteiger partial charge in [0.1, 0.15) is 6.07 Å². The summed E-state index contributed by atoms with van der Waals surface area (Å²) in [5.74, 6) is 0.498. The zero-order valence-electron chi connectivity index (χ0n) is 23.5. The van der Waals surface area contributed by atoms with Crippen LogP contribution in [0.1, 0.15) is 61.0 Å². The Morgan fingerprint density at radius 3 is 2.50 bits per heavy atom. The van der Waals surface area contributed by atoms with Crippen molar-refractivity contribution in [3.63, 3.8) is 0 Å². The van der Waals surface area contributed by atoms with E-state index in [-0.39, 0.29) is 5.91 Å². The maximum absolute atomic E-state index is 12.7. The van der Waals surface area contributed by atoms with Crippen LogP contribution in [0, 0.1) is 11.3 Å². The molecule has 0 bridgehead atoms. The Bertz CT molecular complexity index is 1410. The second kappa shape index (κ2) is 14.8. The highest BCUT2D eigenvalue weighted by Gasteiger charge is 2.09. The van der Waals surface area contributed by atoms with Crippen LogP contribution < -0.4 is 10.6 Å². The van der Waals surface area contributed by atoms with E-state index in [4.69, 9.17) is 0 Å². The van der Waals surface area contributed by atoms with Crippen molar-refractivity contribution in [2.75, 3.05) is 38.0 Å². The lowest BCUT2D eigenvalue weighted by Crippen LogP contribution is -2.31. The Kier molecular flexibility index (Phi) is 10.6. The normalized spacial score (nSPS) is 11.1. The van der Waals surface area contributed by atoms with E-state index >= 15 is 0 Å². The summed E-state index contributed by atoms with van der Waals surface area (Å²) in [6.07, 6.45) is 9.02. The van der Waals surface area contributed by atoms with Gasteiger partial charge in [0.05, 0.1) is 11.3 Å². The minimum atomic E-state index is -0.118. The summed E-state index contributed by atoms with van der Waals surface area (Å²) in [5, 5.41) is 16.5. The van der Waals surface area contributed by atoms with Gasteiger partial charge in [-0.15, -0.1) is 0 Å². The van der Waals surface area contributed by atoms with E-state index in [9.17, 15) is 10.1 Å². The molecule has 4 rings (SSSR count). The van der Waals surface area contributed by atoms with E-state index in [0.29, 0.717) is 30.0 Å². The molecule has 0 saturated carbocycles. The first kappa shape index (κ1) is 28.8. The highest BCUT2D eigenvalue weighted by Crippen LogP contribution is 2.20. The number of nitrogens with one attached hydrogen (secondary N) is 3. The number of fused-ring (bicyclic) bond motifs is 1. The summed E-state index contributed by atoms with van der Waals surface area (Å²) in [6.45, 7) is 9.00. The summed E-state index contributed by atoms with van der Waals surface area (Å²) in [4.78, 5) is 27.4. The van der Waals surface area contributed by atoms with E-state index in [1.807, 2.05) is 48.5 Å². The first-order valence-electron chi connectivity index (χ1n) is 14.3. The van der Waals surface area contributed by atoms with Gasteiger partial charge in [-0.25, -0.2) is 9.97 Å². The number of hydrogen-bond donors (Lipinski definition) is 3. The van der Waals surface area contributed by atoms with Crippen molar-refractivity contribution in [3.05, 3.63) is 77.6 Å².